The zero-order valence-electron chi connectivity index (χ0n) is 13.9. The number of nitrogens with one attached hydrogen (secondary N) is 1. The molecule has 1 atom stereocenters. The van der Waals surface area contributed by atoms with Crippen molar-refractivity contribution in [2.45, 2.75) is 58.1 Å². The van der Waals surface area contributed by atoms with Gasteiger partial charge in [-0.15, -0.1) is 0 Å². The molecule has 1 N–H and O–H groups in total. The number of ether oxygens (including phenoxy) is 3. The number of likely N-dealkylation sites (N-methyl/N-ethyl adjacent to an activating group) is 1. The zero-order chi connectivity index (χ0) is 15.6. The average molecular weight is 289 g/mol. The van der Waals surface area contributed by atoms with Crippen LogP contribution in [-0.4, -0.2) is 51.1 Å². The molecule has 0 saturated carbocycles. The molecule has 0 rings (SSSR count). The molecule has 0 aliphatic carbocycles. The van der Waals surface area contributed by atoms with Crippen LogP contribution in [0.15, 0.2) is 0 Å². The molecule has 0 aliphatic rings. The molecule has 1 unspecified atom stereocenters. The molecule has 0 saturated heterocycles. The number of unbranched alkanes of at least 4 members (excludes halogenated alkanes) is 1. The third-order valence-electron chi connectivity index (χ3n) is 3.17. The van der Waals surface area contributed by atoms with E-state index in [4.69, 9.17) is 14.2 Å². The summed E-state index contributed by atoms with van der Waals surface area (Å²) in [7, 11) is 3.19. The maximum absolute atomic E-state index is 11.6. The smallest absolute Gasteiger partial charge is 0.325 e. The van der Waals surface area contributed by atoms with E-state index in [1.54, 1.807) is 7.05 Å². The highest BCUT2D eigenvalue weighted by Gasteiger charge is 2.31. The normalized spacial score (nSPS) is 14.9. The molecule has 0 spiro atoms. The van der Waals surface area contributed by atoms with Crippen LogP contribution in [-0.2, 0) is 19.0 Å². The van der Waals surface area contributed by atoms with Crippen LogP contribution in [0.5, 0.6) is 0 Å². The third-order valence-corrected chi connectivity index (χ3v) is 3.17. The van der Waals surface area contributed by atoms with Gasteiger partial charge in [-0.05, 0) is 54.0 Å². The first kappa shape index (κ1) is 19.4. The Hall–Kier alpha value is -0.650. The molecule has 0 aromatic carbocycles. The molecule has 0 aromatic heterocycles. The summed E-state index contributed by atoms with van der Waals surface area (Å²) in [5.41, 5.74) is -0.720. The molecule has 5 heteroatoms. The highest BCUT2D eigenvalue weighted by molar-refractivity contribution is 5.80. The predicted molar refractivity (Wildman–Crippen MR) is 79.9 cm³/mol. The van der Waals surface area contributed by atoms with E-state index in [-0.39, 0.29) is 11.6 Å². The van der Waals surface area contributed by atoms with E-state index in [1.807, 2.05) is 27.7 Å². The zero-order valence-corrected chi connectivity index (χ0v) is 13.9. The maximum Gasteiger partial charge on any atom is 0.325 e. The molecule has 0 radical (unpaired) electrons. The summed E-state index contributed by atoms with van der Waals surface area (Å²) >= 11 is 0. The van der Waals surface area contributed by atoms with Gasteiger partial charge in [-0.2, -0.15) is 0 Å². The number of carbonyl (C=O) groups is 1. The standard InChI is InChI=1S/C15H31NO4/c1-14(2,3)20-12-11-19-10-8-7-9-15(4,16-5)13(17)18-6/h16H,7-12H2,1-6H3. The Morgan fingerprint density at radius 1 is 1.05 bits per heavy atom. The highest BCUT2D eigenvalue weighted by atomic mass is 16.5. The molecule has 120 valence electrons. The Morgan fingerprint density at radius 3 is 2.20 bits per heavy atom. The summed E-state index contributed by atoms with van der Waals surface area (Å²) in [5.74, 6) is -0.223. The fourth-order valence-electron chi connectivity index (χ4n) is 1.75. The van der Waals surface area contributed by atoms with Crippen molar-refractivity contribution in [3.63, 3.8) is 0 Å². The van der Waals surface area contributed by atoms with Crippen LogP contribution in [0.4, 0.5) is 0 Å². The number of hydrogen-bond donors (Lipinski definition) is 1. The number of carbonyl (C=O) groups excluding carboxylic acids is 1. The largest absolute Gasteiger partial charge is 0.468 e. The van der Waals surface area contributed by atoms with Crippen molar-refractivity contribution < 1.29 is 19.0 Å². The van der Waals surface area contributed by atoms with Crippen LogP contribution in [0.3, 0.4) is 0 Å². The maximum atomic E-state index is 11.6. The first-order valence-electron chi connectivity index (χ1n) is 7.24. The van der Waals surface area contributed by atoms with Gasteiger partial charge in [0.15, 0.2) is 0 Å². The van der Waals surface area contributed by atoms with Gasteiger partial charge in [0, 0.05) is 6.61 Å². The monoisotopic (exact) mass is 289 g/mol. The number of methoxy groups -OCH3 is 1. The lowest BCUT2D eigenvalue weighted by molar-refractivity contribution is -0.148. The molecular weight excluding hydrogens is 258 g/mol. The third kappa shape index (κ3) is 8.51. The minimum absolute atomic E-state index is 0.113. The minimum atomic E-state index is -0.607. The Morgan fingerprint density at radius 2 is 1.70 bits per heavy atom. The summed E-state index contributed by atoms with van der Waals surface area (Å²) in [6, 6.07) is 0. The van der Waals surface area contributed by atoms with Gasteiger partial charge >= 0.3 is 5.97 Å². The van der Waals surface area contributed by atoms with Gasteiger partial charge in [0.2, 0.25) is 0 Å². The lowest BCUT2D eigenvalue weighted by Gasteiger charge is -2.25. The fraction of sp³-hybridized carbons (Fsp3) is 0.933. The van der Waals surface area contributed by atoms with Crippen molar-refractivity contribution >= 4 is 5.97 Å². The molecule has 0 fully saturated rings. The Labute approximate surface area is 123 Å². The Bertz CT molecular complexity index is 276. The summed E-state index contributed by atoms with van der Waals surface area (Å²) in [5, 5.41) is 3.02. The fourth-order valence-corrected chi connectivity index (χ4v) is 1.75. The van der Waals surface area contributed by atoms with E-state index in [1.165, 1.54) is 7.11 Å². The van der Waals surface area contributed by atoms with Crippen molar-refractivity contribution in [1.29, 1.82) is 0 Å². The summed E-state index contributed by atoms with van der Waals surface area (Å²) in [6.45, 7) is 9.85. The second kappa shape index (κ2) is 9.32. The minimum Gasteiger partial charge on any atom is -0.468 e. The van der Waals surface area contributed by atoms with E-state index in [0.29, 0.717) is 19.8 Å². The topological polar surface area (TPSA) is 56.8 Å². The summed E-state index contributed by atoms with van der Waals surface area (Å²) in [4.78, 5) is 11.6. The first-order chi connectivity index (χ1) is 9.25. The average Bonchev–Trinajstić information content (AvgIpc) is 2.39. The van der Waals surface area contributed by atoms with Crippen LogP contribution in [0.25, 0.3) is 0 Å². The van der Waals surface area contributed by atoms with Gasteiger partial charge in [-0.3, -0.25) is 4.79 Å². The van der Waals surface area contributed by atoms with Crippen LogP contribution in [0.2, 0.25) is 0 Å². The molecular formula is C15H31NO4. The first-order valence-corrected chi connectivity index (χ1v) is 7.24. The molecule has 0 heterocycles. The van der Waals surface area contributed by atoms with E-state index < -0.39 is 5.54 Å². The Balaban J connectivity index is 3.64. The van der Waals surface area contributed by atoms with Gasteiger partial charge < -0.3 is 19.5 Å². The second-order valence-corrected chi connectivity index (χ2v) is 6.10. The van der Waals surface area contributed by atoms with E-state index in [2.05, 4.69) is 5.32 Å². The number of rotatable bonds is 10. The van der Waals surface area contributed by atoms with E-state index >= 15 is 0 Å². The van der Waals surface area contributed by atoms with Crippen molar-refractivity contribution in [1.82, 2.24) is 5.32 Å². The van der Waals surface area contributed by atoms with Gasteiger partial charge in [0.1, 0.15) is 5.54 Å². The predicted octanol–water partition coefficient (Wildman–Crippen LogP) is 2.14. The van der Waals surface area contributed by atoms with Crippen molar-refractivity contribution in [3.05, 3.63) is 0 Å². The Kier molecular flexibility index (Phi) is 9.01. The van der Waals surface area contributed by atoms with Crippen LogP contribution < -0.4 is 5.32 Å². The van der Waals surface area contributed by atoms with Crippen LogP contribution in [0.1, 0.15) is 47.0 Å². The highest BCUT2D eigenvalue weighted by Crippen LogP contribution is 2.15. The van der Waals surface area contributed by atoms with Crippen molar-refractivity contribution in [2.75, 3.05) is 34.0 Å². The van der Waals surface area contributed by atoms with E-state index in [9.17, 15) is 4.79 Å². The van der Waals surface area contributed by atoms with Gasteiger partial charge in [-0.25, -0.2) is 0 Å². The molecule has 20 heavy (non-hydrogen) atoms. The SMILES string of the molecule is CNC(C)(CCCCOCCOC(C)(C)C)C(=O)OC. The summed E-state index contributed by atoms with van der Waals surface area (Å²) in [6.07, 6.45) is 2.56. The molecule has 5 nitrogen and oxygen atoms in total. The molecule has 0 aromatic rings. The number of esters is 1. The molecule has 0 bridgehead atoms. The molecule has 0 aliphatic heterocycles. The lowest BCUT2D eigenvalue weighted by atomic mass is 9.95. The van der Waals surface area contributed by atoms with Gasteiger partial charge in [-0.1, -0.05) is 0 Å². The second-order valence-electron chi connectivity index (χ2n) is 6.10. The lowest BCUT2D eigenvalue weighted by Crippen LogP contribution is -2.48. The molecule has 0 amide bonds. The van der Waals surface area contributed by atoms with Crippen LogP contribution in [0, 0.1) is 0 Å². The summed E-state index contributed by atoms with van der Waals surface area (Å²) < 4.78 is 15.9. The van der Waals surface area contributed by atoms with E-state index in [0.717, 1.165) is 19.3 Å². The van der Waals surface area contributed by atoms with Crippen molar-refractivity contribution in [2.24, 2.45) is 0 Å². The van der Waals surface area contributed by atoms with Gasteiger partial charge in [0.05, 0.1) is 25.9 Å². The number of hydrogen-bond acceptors (Lipinski definition) is 5. The quantitative estimate of drug-likeness (QED) is 0.493. The van der Waals surface area contributed by atoms with Crippen LogP contribution >= 0.6 is 0 Å². The van der Waals surface area contributed by atoms with Crippen molar-refractivity contribution in [3.8, 4) is 0 Å². The van der Waals surface area contributed by atoms with Gasteiger partial charge in [0.25, 0.3) is 0 Å².